The first-order valence-electron chi connectivity index (χ1n) is 7.07. The summed E-state index contributed by atoms with van der Waals surface area (Å²) in [6.07, 6.45) is 5.99. The molecule has 0 aliphatic carbocycles. The third-order valence-corrected chi connectivity index (χ3v) is 3.89. The molecular weight excluding hydrogens is 280 g/mol. The molecule has 0 bridgehead atoms. The van der Waals surface area contributed by atoms with Crippen molar-refractivity contribution < 1.29 is 14.3 Å². The molecule has 2 rings (SSSR count). The molecule has 22 heavy (non-hydrogen) atoms. The molecule has 5 nitrogen and oxygen atoms in total. The summed E-state index contributed by atoms with van der Waals surface area (Å²) < 4.78 is 10.6. The smallest absolute Gasteiger partial charge is 0.324 e. The fourth-order valence-electron chi connectivity index (χ4n) is 2.33. The number of rotatable bonds is 4. The first-order chi connectivity index (χ1) is 10.5. The predicted molar refractivity (Wildman–Crippen MR) is 87.0 cm³/mol. The van der Waals surface area contributed by atoms with Gasteiger partial charge in [0.1, 0.15) is 11.5 Å². The van der Waals surface area contributed by atoms with E-state index in [1.165, 1.54) is 0 Å². The van der Waals surface area contributed by atoms with Gasteiger partial charge in [0, 0.05) is 31.4 Å². The lowest BCUT2D eigenvalue weighted by Gasteiger charge is -2.34. The monoisotopic (exact) mass is 302 g/mol. The van der Waals surface area contributed by atoms with Crippen molar-refractivity contribution in [2.45, 2.75) is 13.0 Å². The second-order valence-corrected chi connectivity index (χ2v) is 5.22. The minimum absolute atomic E-state index is 0.0173. The van der Waals surface area contributed by atoms with E-state index in [4.69, 9.17) is 9.47 Å². The molecule has 0 fully saturated rings. The van der Waals surface area contributed by atoms with Crippen LogP contribution in [0, 0.1) is 0 Å². The molecule has 0 N–H and O–H groups in total. The standard InChI is InChI=1S/C17H22N2O3/c1-12-10-14(19(3)17(20)18(12)2)8-6-13-7-9-15(21-4)11-16(13)22-5/h6-11,14H,1-5H3. The normalized spacial score (nSPS) is 18.7. The third kappa shape index (κ3) is 3.08. The molecule has 2 amide bonds. The summed E-state index contributed by atoms with van der Waals surface area (Å²) in [7, 11) is 6.82. The molecule has 1 aromatic carbocycles. The summed E-state index contributed by atoms with van der Waals surface area (Å²) in [6.45, 7) is 1.93. The van der Waals surface area contributed by atoms with Gasteiger partial charge in [0.25, 0.3) is 0 Å². The first-order valence-corrected chi connectivity index (χ1v) is 7.07. The van der Waals surface area contributed by atoms with Crippen LogP contribution in [0.25, 0.3) is 6.08 Å². The lowest BCUT2D eigenvalue weighted by Crippen LogP contribution is -2.46. The van der Waals surface area contributed by atoms with E-state index in [0.717, 1.165) is 22.8 Å². The molecule has 0 saturated heterocycles. The number of benzene rings is 1. The molecule has 0 aromatic heterocycles. The van der Waals surface area contributed by atoms with E-state index < -0.39 is 0 Å². The maximum atomic E-state index is 12.1. The van der Waals surface area contributed by atoms with Crippen molar-refractivity contribution in [3.05, 3.63) is 41.6 Å². The highest BCUT2D eigenvalue weighted by atomic mass is 16.5. The zero-order valence-corrected chi connectivity index (χ0v) is 13.7. The Morgan fingerprint density at radius 2 is 1.91 bits per heavy atom. The van der Waals surface area contributed by atoms with Gasteiger partial charge in [-0.05, 0) is 25.1 Å². The van der Waals surface area contributed by atoms with Crippen molar-refractivity contribution in [1.82, 2.24) is 9.80 Å². The fourth-order valence-corrected chi connectivity index (χ4v) is 2.33. The van der Waals surface area contributed by atoms with Crippen LogP contribution < -0.4 is 9.47 Å². The maximum absolute atomic E-state index is 12.1. The van der Waals surface area contributed by atoms with Crippen LogP contribution in [-0.4, -0.2) is 50.2 Å². The topological polar surface area (TPSA) is 42.0 Å². The van der Waals surface area contributed by atoms with Gasteiger partial charge in [-0.25, -0.2) is 4.79 Å². The highest BCUT2D eigenvalue weighted by Crippen LogP contribution is 2.26. The second-order valence-electron chi connectivity index (χ2n) is 5.22. The van der Waals surface area contributed by atoms with E-state index in [2.05, 4.69) is 0 Å². The summed E-state index contributed by atoms with van der Waals surface area (Å²) in [6, 6.07) is 5.56. The van der Waals surface area contributed by atoms with Crippen molar-refractivity contribution >= 4 is 12.1 Å². The Balaban J connectivity index is 2.27. The molecule has 0 saturated carbocycles. The highest BCUT2D eigenvalue weighted by molar-refractivity contribution is 5.78. The van der Waals surface area contributed by atoms with Crippen LogP contribution >= 0.6 is 0 Å². The Morgan fingerprint density at radius 1 is 1.18 bits per heavy atom. The molecule has 5 heteroatoms. The van der Waals surface area contributed by atoms with Crippen molar-refractivity contribution in [2.24, 2.45) is 0 Å². The largest absolute Gasteiger partial charge is 0.497 e. The lowest BCUT2D eigenvalue weighted by atomic mass is 10.1. The van der Waals surface area contributed by atoms with E-state index >= 15 is 0 Å². The van der Waals surface area contributed by atoms with Crippen LogP contribution in [0.2, 0.25) is 0 Å². The number of allylic oxidation sites excluding steroid dienone is 1. The van der Waals surface area contributed by atoms with Crippen LogP contribution in [0.15, 0.2) is 36.0 Å². The molecule has 0 spiro atoms. The number of amides is 2. The Bertz CT molecular complexity index is 622. The zero-order chi connectivity index (χ0) is 16.3. The number of likely N-dealkylation sites (N-methyl/N-ethyl adjacent to an activating group) is 1. The Kier molecular flexibility index (Phi) is 4.75. The SMILES string of the molecule is COc1ccc(C=CC2C=C(C)N(C)C(=O)N2C)c(OC)c1. The summed E-state index contributed by atoms with van der Waals surface area (Å²) in [5, 5.41) is 0. The number of urea groups is 1. The van der Waals surface area contributed by atoms with Gasteiger partial charge in [0.2, 0.25) is 0 Å². The Hall–Kier alpha value is -2.43. The van der Waals surface area contributed by atoms with E-state index in [9.17, 15) is 4.79 Å². The molecule has 1 aromatic rings. The van der Waals surface area contributed by atoms with E-state index in [-0.39, 0.29) is 12.1 Å². The van der Waals surface area contributed by atoms with Crippen LogP contribution in [0.4, 0.5) is 4.79 Å². The number of nitrogens with zero attached hydrogens (tertiary/aromatic N) is 2. The van der Waals surface area contributed by atoms with Gasteiger partial charge in [-0.2, -0.15) is 0 Å². The summed E-state index contributed by atoms with van der Waals surface area (Å²) in [5.41, 5.74) is 1.88. The Morgan fingerprint density at radius 3 is 2.55 bits per heavy atom. The number of ether oxygens (including phenoxy) is 2. The van der Waals surface area contributed by atoms with E-state index in [0.29, 0.717) is 0 Å². The van der Waals surface area contributed by atoms with Gasteiger partial charge >= 0.3 is 6.03 Å². The van der Waals surface area contributed by atoms with Gasteiger partial charge < -0.3 is 19.3 Å². The van der Waals surface area contributed by atoms with E-state index in [1.807, 2.05) is 43.4 Å². The molecule has 118 valence electrons. The second kappa shape index (κ2) is 6.56. The van der Waals surface area contributed by atoms with Crippen LogP contribution in [-0.2, 0) is 0 Å². The lowest BCUT2D eigenvalue weighted by molar-refractivity contribution is 0.173. The molecule has 1 aliphatic heterocycles. The first kappa shape index (κ1) is 15.9. The number of carbonyl (C=O) groups is 1. The summed E-state index contributed by atoms with van der Waals surface area (Å²) in [5.74, 6) is 1.48. The highest BCUT2D eigenvalue weighted by Gasteiger charge is 2.25. The van der Waals surface area contributed by atoms with Crippen LogP contribution in [0.3, 0.4) is 0 Å². The number of hydrogen-bond donors (Lipinski definition) is 0. The molecule has 0 radical (unpaired) electrons. The third-order valence-electron chi connectivity index (χ3n) is 3.89. The van der Waals surface area contributed by atoms with E-state index in [1.54, 1.807) is 38.1 Å². The number of hydrogen-bond acceptors (Lipinski definition) is 3. The van der Waals surface area contributed by atoms with Gasteiger partial charge in [-0.1, -0.05) is 12.2 Å². The van der Waals surface area contributed by atoms with Gasteiger partial charge in [0.05, 0.1) is 20.3 Å². The Labute approximate surface area is 131 Å². The van der Waals surface area contributed by atoms with Crippen molar-refractivity contribution in [3.63, 3.8) is 0 Å². The molecule has 1 atom stereocenters. The zero-order valence-electron chi connectivity index (χ0n) is 13.7. The molecule has 1 heterocycles. The minimum Gasteiger partial charge on any atom is -0.497 e. The average molecular weight is 302 g/mol. The number of carbonyl (C=O) groups excluding carboxylic acids is 1. The van der Waals surface area contributed by atoms with Crippen molar-refractivity contribution in [3.8, 4) is 11.5 Å². The summed E-state index contributed by atoms with van der Waals surface area (Å²) in [4.78, 5) is 15.4. The van der Waals surface area contributed by atoms with Gasteiger partial charge in [-0.15, -0.1) is 0 Å². The molecule has 1 aliphatic rings. The van der Waals surface area contributed by atoms with Crippen LogP contribution in [0.5, 0.6) is 11.5 Å². The molecular formula is C17H22N2O3. The quantitative estimate of drug-likeness (QED) is 0.858. The number of methoxy groups -OCH3 is 2. The van der Waals surface area contributed by atoms with Gasteiger partial charge in [-0.3, -0.25) is 0 Å². The molecule has 1 unspecified atom stereocenters. The van der Waals surface area contributed by atoms with Crippen molar-refractivity contribution in [2.75, 3.05) is 28.3 Å². The summed E-state index contributed by atoms with van der Waals surface area (Å²) >= 11 is 0. The average Bonchev–Trinajstić information content (AvgIpc) is 2.54. The van der Waals surface area contributed by atoms with Gasteiger partial charge in [0.15, 0.2) is 0 Å². The predicted octanol–water partition coefficient (Wildman–Crippen LogP) is 2.99. The van der Waals surface area contributed by atoms with Crippen LogP contribution in [0.1, 0.15) is 12.5 Å². The maximum Gasteiger partial charge on any atom is 0.324 e. The minimum atomic E-state index is -0.0736. The van der Waals surface area contributed by atoms with Crippen molar-refractivity contribution in [1.29, 1.82) is 0 Å². The fraction of sp³-hybridized carbons (Fsp3) is 0.353.